The molecule has 2 rings (SSSR count). The van der Waals surface area contributed by atoms with Gasteiger partial charge in [-0.3, -0.25) is 7.05 Å². The number of ether oxygens (including phenoxy) is 1. The predicted molar refractivity (Wildman–Crippen MR) is 39.4 cm³/mol. The van der Waals surface area contributed by atoms with Crippen LogP contribution in [0.3, 0.4) is 0 Å². The average molecular weight is 140 g/mol. The highest BCUT2D eigenvalue weighted by Gasteiger charge is 2.32. The van der Waals surface area contributed by atoms with Crippen molar-refractivity contribution in [3.05, 3.63) is 7.05 Å². The number of hydrogen-bond acceptors (Lipinski definition) is 2. The molecule has 1 atom stereocenters. The van der Waals surface area contributed by atoms with Gasteiger partial charge in [0.1, 0.15) is 0 Å². The second kappa shape index (κ2) is 2.51. The summed E-state index contributed by atoms with van der Waals surface area (Å²) in [5.74, 6) is 0.865. The molecule has 10 heavy (non-hydrogen) atoms. The Morgan fingerprint density at radius 3 is 2.80 bits per heavy atom. The van der Waals surface area contributed by atoms with Gasteiger partial charge in [0.05, 0.1) is 12.7 Å². The Morgan fingerprint density at radius 1 is 1.40 bits per heavy atom. The van der Waals surface area contributed by atoms with Crippen molar-refractivity contribution >= 4 is 0 Å². The van der Waals surface area contributed by atoms with Crippen LogP contribution >= 0.6 is 0 Å². The first kappa shape index (κ1) is 6.62. The van der Waals surface area contributed by atoms with Gasteiger partial charge in [0, 0.05) is 0 Å². The third-order valence-electron chi connectivity index (χ3n) is 2.33. The van der Waals surface area contributed by atoms with Gasteiger partial charge in [-0.15, -0.1) is 0 Å². The standard InChI is InChI=1S/C8H14NO/c1-9-4-5-10-8(6-9)7-2-3-7/h7-8H,1-6H2/q-1. The summed E-state index contributed by atoms with van der Waals surface area (Å²) >= 11 is 0. The maximum absolute atomic E-state index is 5.59. The summed E-state index contributed by atoms with van der Waals surface area (Å²) in [5, 5.41) is 0. The molecule has 1 saturated carbocycles. The second-order valence-corrected chi connectivity index (χ2v) is 3.32. The van der Waals surface area contributed by atoms with Crippen LogP contribution in [0.2, 0.25) is 0 Å². The quantitative estimate of drug-likeness (QED) is 0.501. The molecule has 0 spiro atoms. The first-order valence-corrected chi connectivity index (χ1v) is 4.03. The molecule has 2 heteroatoms. The zero-order chi connectivity index (χ0) is 6.97. The Labute approximate surface area is 62.2 Å². The van der Waals surface area contributed by atoms with Crippen LogP contribution in [0.15, 0.2) is 0 Å². The van der Waals surface area contributed by atoms with E-state index in [9.17, 15) is 0 Å². The zero-order valence-corrected chi connectivity index (χ0v) is 6.25. The molecule has 0 amide bonds. The van der Waals surface area contributed by atoms with E-state index in [1.54, 1.807) is 0 Å². The summed E-state index contributed by atoms with van der Waals surface area (Å²) in [7, 11) is 3.91. The third-order valence-corrected chi connectivity index (χ3v) is 2.33. The van der Waals surface area contributed by atoms with Gasteiger partial charge >= 0.3 is 0 Å². The molecule has 0 aromatic rings. The summed E-state index contributed by atoms with van der Waals surface area (Å²) in [6.45, 7) is 2.93. The highest BCUT2D eigenvalue weighted by molar-refractivity contribution is 4.86. The Kier molecular flexibility index (Phi) is 1.66. The molecule has 0 radical (unpaired) electrons. The van der Waals surface area contributed by atoms with Gasteiger partial charge in [0.15, 0.2) is 0 Å². The van der Waals surface area contributed by atoms with Gasteiger partial charge in [0.2, 0.25) is 0 Å². The van der Waals surface area contributed by atoms with Crippen LogP contribution in [0.25, 0.3) is 0 Å². The fraction of sp³-hybridized carbons (Fsp3) is 0.875. The molecule has 1 aliphatic carbocycles. The normalized spacial score (nSPS) is 36.3. The van der Waals surface area contributed by atoms with E-state index in [2.05, 4.69) is 11.9 Å². The minimum absolute atomic E-state index is 0.506. The topological polar surface area (TPSA) is 12.5 Å². The van der Waals surface area contributed by atoms with E-state index >= 15 is 0 Å². The molecule has 2 aliphatic rings. The summed E-state index contributed by atoms with van der Waals surface area (Å²) in [5.41, 5.74) is 0. The summed E-state index contributed by atoms with van der Waals surface area (Å²) in [6.07, 6.45) is 3.25. The van der Waals surface area contributed by atoms with Crippen molar-refractivity contribution < 1.29 is 4.74 Å². The monoisotopic (exact) mass is 140 g/mol. The smallest absolute Gasteiger partial charge is 0.0706 e. The lowest BCUT2D eigenvalue weighted by molar-refractivity contribution is -0.0250. The molecule has 0 N–H and O–H groups in total. The lowest BCUT2D eigenvalue weighted by Crippen LogP contribution is -2.39. The largest absolute Gasteiger partial charge is 0.455 e. The van der Waals surface area contributed by atoms with Crippen LogP contribution in [-0.2, 0) is 4.74 Å². The highest BCUT2D eigenvalue weighted by atomic mass is 16.5. The number of nitrogens with zero attached hydrogens (tertiary/aromatic N) is 1. The molecule has 1 unspecified atom stereocenters. The van der Waals surface area contributed by atoms with Gasteiger partial charge in [0.25, 0.3) is 0 Å². The van der Waals surface area contributed by atoms with Gasteiger partial charge in [-0.1, -0.05) is 0 Å². The number of morpholine rings is 1. The van der Waals surface area contributed by atoms with E-state index in [0.29, 0.717) is 6.10 Å². The highest BCUT2D eigenvalue weighted by Crippen LogP contribution is 2.35. The van der Waals surface area contributed by atoms with Gasteiger partial charge in [-0.25, -0.2) is 0 Å². The van der Waals surface area contributed by atoms with Crippen LogP contribution in [-0.4, -0.2) is 30.7 Å². The van der Waals surface area contributed by atoms with Crippen molar-refractivity contribution in [1.29, 1.82) is 0 Å². The lowest BCUT2D eigenvalue weighted by atomic mass is 10.2. The molecule has 1 saturated heterocycles. The van der Waals surface area contributed by atoms with Gasteiger partial charge in [-0.2, -0.15) is 0 Å². The van der Waals surface area contributed by atoms with Gasteiger partial charge in [-0.05, 0) is 31.8 Å². The Balaban J connectivity index is 1.84. The van der Waals surface area contributed by atoms with E-state index < -0.39 is 0 Å². The van der Waals surface area contributed by atoms with E-state index in [1.807, 2.05) is 0 Å². The van der Waals surface area contributed by atoms with Crippen LogP contribution < -0.4 is 0 Å². The molecule has 1 aliphatic heterocycles. The molecule has 2 nitrogen and oxygen atoms in total. The lowest BCUT2D eigenvalue weighted by Gasteiger charge is -2.35. The molecule has 2 fully saturated rings. The van der Waals surface area contributed by atoms with Crippen LogP contribution in [0, 0.1) is 13.0 Å². The molecule has 58 valence electrons. The third kappa shape index (κ3) is 1.32. The molecule has 0 aromatic heterocycles. The first-order chi connectivity index (χ1) is 4.86. The first-order valence-electron chi connectivity index (χ1n) is 4.03. The van der Waals surface area contributed by atoms with E-state index in [-0.39, 0.29) is 0 Å². The molecule has 1 heterocycles. The molecular formula is C8H14NO-. The Bertz CT molecular complexity index is 122. The van der Waals surface area contributed by atoms with Crippen molar-refractivity contribution in [3.8, 4) is 0 Å². The van der Waals surface area contributed by atoms with Crippen molar-refractivity contribution in [2.75, 3.05) is 19.7 Å². The maximum Gasteiger partial charge on any atom is 0.0706 e. The predicted octanol–water partition coefficient (Wildman–Crippen LogP) is 0.889. The zero-order valence-electron chi connectivity index (χ0n) is 6.25. The van der Waals surface area contributed by atoms with Crippen molar-refractivity contribution in [2.24, 2.45) is 5.92 Å². The minimum atomic E-state index is 0.506. The minimum Gasteiger partial charge on any atom is -0.455 e. The maximum atomic E-state index is 5.59. The summed E-state index contributed by atoms with van der Waals surface area (Å²) in [6, 6.07) is 0. The fourth-order valence-corrected chi connectivity index (χ4v) is 1.48. The van der Waals surface area contributed by atoms with Crippen molar-refractivity contribution in [3.63, 3.8) is 0 Å². The SMILES string of the molecule is [CH2-]N1CCOC(C2CC2)C1. The van der Waals surface area contributed by atoms with Crippen LogP contribution in [0.1, 0.15) is 12.8 Å². The van der Waals surface area contributed by atoms with E-state index in [1.165, 1.54) is 12.8 Å². The van der Waals surface area contributed by atoms with Crippen molar-refractivity contribution in [2.45, 2.75) is 18.9 Å². The summed E-state index contributed by atoms with van der Waals surface area (Å²) < 4.78 is 5.59. The Morgan fingerprint density at radius 2 is 2.20 bits per heavy atom. The van der Waals surface area contributed by atoms with Crippen LogP contribution in [0.4, 0.5) is 0 Å². The average Bonchev–Trinajstić information content (AvgIpc) is 2.68. The fourth-order valence-electron chi connectivity index (χ4n) is 1.48. The number of hydrogen-bond donors (Lipinski definition) is 0. The Hall–Kier alpha value is -0.0800. The van der Waals surface area contributed by atoms with E-state index in [4.69, 9.17) is 4.74 Å². The molecular weight excluding hydrogens is 126 g/mol. The second-order valence-electron chi connectivity index (χ2n) is 3.32. The van der Waals surface area contributed by atoms with E-state index in [0.717, 1.165) is 25.6 Å². The number of rotatable bonds is 1. The van der Waals surface area contributed by atoms with Crippen LogP contribution in [0.5, 0.6) is 0 Å². The molecule has 0 aromatic carbocycles. The van der Waals surface area contributed by atoms with Gasteiger partial charge < -0.3 is 9.64 Å². The van der Waals surface area contributed by atoms with Crippen molar-refractivity contribution in [1.82, 2.24) is 4.90 Å². The molecule has 0 bridgehead atoms. The summed E-state index contributed by atoms with van der Waals surface area (Å²) in [4.78, 5) is 2.12.